The van der Waals surface area contributed by atoms with Crippen LogP contribution >= 0.6 is 15.9 Å². The number of ether oxygens (including phenoxy) is 1. The van der Waals surface area contributed by atoms with Gasteiger partial charge in [0.05, 0.1) is 6.10 Å². The van der Waals surface area contributed by atoms with Gasteiger partial charge in [0, 0.05) is 36.8 Å². The topological polar surface area (TPSA) is 38.5 Å². The van der Waals surface area contributed by atoms with Crippen LogP contribution in [-0.4, -0.2) is 37.2 Å². The zero-order chi connectivity index (χ0) is 13.7. The lowest BCUT2D eigenvalue weighted by atomic mass is 10.0. The van der Waals surface area contributed by atoms with E-state index in [0.29, 0.717) is 18.7 Å². The van der Waals surface area contributed by atoms with E-state index < -0.39 is 0 Å². The first kappa shape index (κ1) is 15.0. The average Bonchev–Trinajstić information content (AvgIpc) is 2.44. The first-order valence-corrected chi connectivity index (χ1v) is 7.85. The Bertz CT molecular complexity index is 374. The van der Waals surface area contributed by atoms with Gasteiger partial charge in [-0.25, -0.2) is 0 Å². The van der Waals surface area contributed by atoms with Gasteiger partial charge in [0.15, 0.2) is 0 Å². The maximum absolute atomic E-state index is 5.98. The predicted octanol–water partition coefficient (Wildman–Crippen LogP) is 2.95. The summed E-state index contributed by atoms with van der Waals surface area (Å²) >= 11 is 3.48. The molecule has 1 aliphatic rings. The molecule has 1 saturated heterocycles. The standard InChI is InChI=1S/C15H23BrN2O/c1-2-19-14-7-9-18(10-8-14)15(11-17)12-3-5-13(16)6-4-12/h3-6,14-15H,2,7-11,17H2,1H3. The summed E-state index contributed by atoms with van der Waals surface area (Å²) in [6.45, 7) is 5.70. The van der Waals surface area contributed by atoms with Crippen LogP contribution in [-0.2, 0) is 4.74 Å². The van der Waals surface area contributed by atoms with Crippen LogP contribution in [0.25, 0.3) is 0 Å². The SMILES string of the molecule is CCOC1CCN(C(CN)c2ccc(Br)cc2)CC1. The summed E-state index contributed by atoms with van der Waals surface area (Å²) in [6.07, 6.45) is 2.66. The number of likely N-dealkylation sites (tertiary alicyclic amines) is 1. The Kier molecular flexibility index (Phi) is 5.82. The number of halogens is 1. The lowest BCUT2D eigenvalue weighted by Crippen LogP contribution is -2.41. The third-order valence-electron chi connectivity index (χ3n) is 3.80. The molecule has 3 nitrogen and oxygen atoms in total. The van der Waals surface area contributed by atoms with Crippen molar-refractivity contribution >= 4 is 15.9 Å². The van der Waals surface area contributed by atoms with Crippen LogP contribution in [0.5, 0.6) is 0 Å². The van der Waals surface area contributed by atoms with Gasteiger partial charge >= 0.3 is 0 Å². The monoisotopic (exact) mass is 326 g/mol. The maximum atomic E-state index is 5.98. The number of hydrogen-bond donors (Lipinski definition) is 1. The molecule has 1 unspecified atom stereocenters. The van der Waals surface area contributed by atoms with Gasteiger partial charge in [0.2, 0.25) is 0 Å². The highest BCUT2D eigenvalue weighted by molar-refractivity contribution is 9.10. The zero-order valence-corrected chi connectivity index (χ0v) is 13.1. The van der Waals surface area contributed by atoms with E-state index in [4.69, 9.17) is 10.5 Å². The minimum atomic E-state index is 0.329. The van der Waals surface area contributed by atoms with E-state index in [1.165, 1.54) is 5.56 Å². The van der Waals surface area contributed by atoms with Crippen LogP contribution in [0, 0.1) is 0 Å². The van der Waals surface area contributed by atoms with Crippen LogP contribution in [0.1, 0.15) is 31.4 Å². The molecule has 106 valence electrons. The molecule has 1 heterocycles. The summed E-state index contributed by atoms with van der Waals surface area (Å²) in [5.41, 5.74) is 7.29. The van der Waals surface area contributed by atoms with Crippen LogP contribution in [0.3, 0.4) is 0 Å². The Hall–Kier alpha value is -0.420. The first-order chi connectivity index (χ1) is 9.24. The molecule has 1 fully saturated rings. The van der Waals surface area contributed by atoms with Gasteiger partial charge in [-0.1, -0.05) is 28.1 Å². The minimum Gasteiger partial charge on any atom is -0.378 e. The number of hydrogen-bond acceptors (Lipinski definition) is 3. The van der Waals surface area contributed by atoms with Crippen molar-refractivity contribution in [3.8, 4) is 0 Å². The van der Waals surface area contributed by atoms with Crippen molar-refractivity contribution in [2.45, 2.75) is 31.9 Å². The fraction of sp³-hybridized carbons (Fsp3) is 0.600. The van der Waals surface area contributed by atoms with E-state index in [1.807, 2.05) is 0 Å². The van der Waals surface area contributed by atoms with Crippen LogP contribution in [0.4, 0.5) is 0 Å². The molecule has 0 aromatic heterocycles. The first-order valence-electron chi connectivity index (χ1n) is 7.05. The van der Waals surface area contributed by atoms with Gasteiger partial charge in [0.25, 0.3) is 0 Å². The lowest BCUT2D eigenvalue weighted by Gasteiger charge is -2.37. The molecule has 0 radical (unpaired) electrons. The van der Waals surface area contributed by atoms with E-state index in [2.05, 4.69) is 52.0 Å². The van der Waals surface area contributed by atoms with Crippen molar-refractivity contribution in [2.75, 3.05) is 26.2 Å². The highest BCUT2D eigenvalue weighted by Crippen LogP contribution is 2.25. The molecule has 0 aliphatic carbocycles. The van der Waals surface area contributed by atoms with Gasteiger partial charge < -0.3 is 10.5 Å². The fourth-order valence-electron chi connectivity index (χ4n) is 2.77. The van der Waals surface area contributed by atoms with Gasteiger partial charge in [-0.3, -0.25) is 4.90 Å². The molecule has 1 atom stereocenters. The van der Waals surface area contributed by atoms with Crippen molar-refractivity contribution in [2.24, 2.45) is 5.73 Å². The second-order valence-electron chi connectivity index (χ2n) is 4.99. The molecule has 0 saturated carbocycles. The zero-order valence-electron chi connectivity index (χ0n) is 11.5. The Morgan fingerprint density at radius 2 is 1.95 bits per heavy atom. The largest absolute Gasteiger partial charge is 0.378 e. The van der Waals surface area contributed by atoms with Crippen molar-refractivity contribution < 1.29 is 4.74 Å². The Balaban J connectivity index is 1.97. The summed E-state index contributed by atoms with van der Waals surface area (Å²) in [6, 6.07) is 8.83. The molecule has 2 rings (SSSR count). The molecule has 1 aromatic rings. The predicted molar refractivity (Wildman–Crippen MR) is 82.2 cm³/mol. The second-order valence-corrected chi connectivity index (χ2v) is 5.91. The summed E-state index contributed by atoms with van der Waals surface area (Å²) in [4.78, 5) is 2.48. The number of rotatable bonds is 5. The molecular formula is C15H23BrN2O. The van der Waals surface area contributed by atoms with E-state index in [-0.39, 0.29) is 0 Å². The molecular weight excluding hydrogens is 304 g/mol. The normalized spacial score (nSPS) is 19.5. The van der Waals surface area contributed by atoms with Gasteiger partial charge in [-0.2, -0.15) is 0 Å². The smallest absolute Gasteiger partial charge is 0.0599 e. The fourth-order valence-corrected chi connectivity index (χ4v) is 3.04. The van der Waals surface area contributed by atoms with Crippen molar-refractivity contribution in [1.29, 1.82) is 0 Å². The highest BCUT2D eigenvalue weighted by atomic mass is 79.9. The molecule has 1 aliphatic heterocycles. The average molecular weight is 327 g/mol. The Morgan fingerprint density at radius 1 is 1.32 bits per heavy atom. The Labute approximate surface area is 124 Å². The van der Waals surface area contributed by atoms with E-state index in [9.17, 15) is 0 Å². The molecule has 0 bridgehead atoms. The second kappa shape index (κ2) is 7.39. The van der Waals surface area contributed by atoms with Crippen LogP contribution in [0.15, 0.2) is 28.7 Å². The third kappa shape index (κ3) is 4.02. The van der Waals surface area contributed by atoms with Gasteiger partial charge in [0.1, 0.15) is 0 Å². The highest BCUT2D eigenvalue weighted by Gasteiger charge is 2.25. The number of nitrogens with zero attached hydrogens (tertiary/aromatic N) is 1. The molecule has 2 N–H and O–H groups in total. The third-order valence-corrected chi connectivity index (χ3v) is 4.33. The lowest BCUT2D eigenvalue weighted by molar-refractivity contribution is 0.00452. The number of piperidine rings is 1. The van der Waals surface area contributed by atoms with Crippen molar-refractivity contribution in [3.05, 3.63) is 34.3 Å². The van der Waals surface area contributed by atoms with Crippen molar-refractivity contribution in [1.82, 2.24) is 4.90 Å². The van der Waals surface area contributed by atoms with E-state index >= 15 is 0 Å². The maximum Gasteiger partial charge on any atom is 0.0599 e. The number of benzene rings is 1. The van der Waals surface area contributed by atoms with Gasteiger partial charge in [-0.15, -0.1) is 0 Å². The summed E-state index contributed by atoms with van der Waals surface area (Å²) in [7, 11) is 0. The van der Waals surface area contributed by atoms with Crippen LogP contribution in [0.2, 0.25) is 0 Å². The van der Waals surface area contributed by atoms with E-state index in [0.717, 1.165) is 37.0 Å². The molecule has 19 heavy (non-hydrogen) atoms. The Morgan fingerprint density at radius 3 is 2.47 bits per heavy atom. The van der Waals surface area contributed by atoms with Crippen molar-refractivity contribution in [3.63, 3.8) is 0 Å². The minimum absolute atomic E-state index is 0.329. The molecule has 0 spiro atoms. The quantitative estimate of drug-likeness (QED) is 0.904. The summed E-state index contributed by atoms with van der Waals surface area (Å²) in [5, 5.41) is 0. The molecule has 4 heteroatoms. The number of nitrogens with two attached hydrogens (primary N) is 1. The molecule has 1 aromatic carbocycles. The van der Waals surface area contributed by atoms with Gasteiger partial charge in [-0.05, 0) is 37.5 Å². The van der Waals surface area contributed by atoms with E-state index in [1.54, 1.807) is 0 Å². The molecule has 0 amide bonds. The summed E-state index contributed by atoms with van der Waals surface area (Å²) < 4.78 is 6.81. The summed E-state index contributed by atoms with van der Waals surface area (Å²) in [5.74, 6) is 0. The van der Waals surface area contributed by atoms with Crippen LogP contribution < -0.4 is 5.73 Å².